The van der Waals surface area contributed by atoms with Gasteiger partial charge in [-0.1, -0.05) is 0 Å². The van der Waals surface area contributed by atoms with Gasteiger partial charge in [0.1, 0.15) is 0 Å². The van der Waals surface area contributed by atoms with Gasteiger partial charge in [0.05, 0.1) is 0 Å². The average molecular weight is 285 g/mol. The first-order valence-electron chi connectivity index (χ1n) is 0.565. The number of hydrogen-bond donors (Lipinski definition) is 1. The molecule has 0 amide bonds. The molecule has 0 unspecified atom stereocenters. The monoisotopic (exact) mass is 285 g/mol. The van der Waals surface area contributed by atoms with Crippen molar-refractivity contribution in [3.8, 4) is 0 Å². The maximum atomic E-state index is 8.36. The molecule has 0 saturated carbocycles. The van der Waals surface area contributed by atoms with Crippen molar-refractivity contribution >= 4 is 37.7 Å². The van der Waals surface area contributed by atoms with Gasteiger partial charge in [-0.15, -0.1) is 10.1 Å². The van der Waals surface area contributed by atoms with E-state index in [1.807, 2.05) is 0 Å². The summed E-state index contributed by atoms with van der Waals surface area (Å²) in [7, 11) is 0. The van der Waals surface area contributed by atoms with Gasteiger partial charge >= 0.3 is 37.7 Å². The molecule has 0 fully saturated rings. The molecular weight excluding hydrogens is 262 g/mol. The van der Waals surface area contributed by atoms with Crippen LogP contribution in [0.3, 0.4) is 0 Å². The average Bonchev–Trinajstić information content (AvgIpc) is 0.811. The first kappa shape index (κ1) is 318. The molecular formula is H23CaNO13. The van der Waals surface area contributed by atoms with Crippen LogP contribution in [0.4, 0.5) is 0 Å². The van der Waals surface area contributed by atoms with Gasteiger partial charge in [0.15, 0.2) is 0 Å². The maximum absolute atomic E-state index is 8.36. The van der Waals surface area contributed by atoms with E-state index in [1.165, 1.54) is 0 Å². The minimum absolute atomic E-state index is 0. The number of hydrogen-bond acceptors (Lipinski definition) is 2. The molecule has 15 heteroatoms. The van der Waals surface area contributed by atoms with Crippen LogP contribution in [0.2, 0.25) is 0 Å². The van der Waals surface area contributed by atoms with E-state index in [-0.39, 0.29) is 92.5 Å². The summed E-state index contributed by atoms with van der Waals surface area (Å²) in [6.45, 7) is 0. The predicted molar refractivity (Wildman–Crippen MR) is 53.5 cm³/mol. The molecule has 0 rings (SSSR count). The van der Waals surface area contributed by atoms with E-state index in [1.54, 1.807) is 0 Å². The second kappa shape index (κ2) is 256. The van der Waals surface area contributed by atoms with E-state index in [9.17, 15) is 0 Å². The molecule has 21 N–H and O–H groups in total. The van der Waals surface area contributed by atoms with Crippen LogP contribution < -0.4 is 0 Å². The Bertz CT molecular complexity index is 33.5. The normalized spacial score (nSPS) is 1.60. The summed E-state index contributed by atoms with van der Waals surface area (Å²) in [5.41, 5.74) is 0. The van der Waals surface area contributed by atoms with Crippen molar-refractivity contribution < 1.29 is 65.1 Å². The Morgan fingerprint density at radius 1 is 0.667 bits per heavy atom. The Balaban J connectivity index is -0.000000000818. The van der Waals surface area contributed by atoms with E-state index in [0.29, 0.717) is 0 Å². The van der Waals surface area contributed by atoms with Crippen LogP contribution in [0.1, 0.15) is 0 Å². The van der Waals surface area contributed by atoms with Crippen molar-refractivity contribution in [1.29, 1.82) is 0 Å². The third-order valence-corrected chi connectivity index (χ3v) is 0. The van der Waals surface area contributed by atoms with Crippen molar-refractivity contribution in [3.63, 3.8) is 0 Å². The predicted octanol–water partition coefficient (Wildman–Crippen LogP) is -9.51. The Hall–Kier alpha value is 0.0597. The molecule has 108 valence electrons. The summed E-state index contributed by atoms with van der Waals surface area (Å²) in [4.78, 5) is 8.36. The van der Waals surface area contributed by atoms with Gasteiger partial charge in [0.25, 0.3) is 5.09 Å². The van der Waals surface area contributed by atoms with Crippen LogP contribution in [-0.4, -0.2) is 103 Å². The second-order valence-corrected chi connectivity index (χ2v) is 0.238. The molecule has 0 aromatic carbocycles. The molecule has 0 aliphatic rings. The van der Waals surface area contributed by atoms with Crippen molar-refractivity contribution in [2.45, 2.75) is 0 Å². The van der Waals surface area contributed by atoms with Crippen LogP contribution in [0, 0.1) is 10.1 Å². The van der Waals surface area contributed by atoms with E-state index >= 15 is 0 Å². The molecule has 0 saturated heterocycles. The third kappa shape index (κ3) is 573000. The summed E-state index contributed by atoms with van der Waals surface area (Å²) >= 11 is 0. The molecule has 0 radical (unpaired) electrons. The standard InChI is InChI=1S/Ca.HNO3.10H2O.2H/c;2-1(3)4;;;;;;;;;;;;/h;(H,2,3,4);10*1H2;;. The fourth-order valence-corrected chi connectivity index (χ4v) is 0. The topological polar surface area (TPSA) is 378 Å². The molecule has 0 aromatic rings. The zero-order valence-electron chi connectivity index (χ0n) is 6.71. The third-order valence-electron chi connectivity index (χ3n) is 0. The van der Waals surface area contributed by atoms with E-state index in [0.717, 1.165) is 0 Å². The Morgan fingerprint density at radius 3 is 0.667 bits per heavy atom. The molecule has 15 heavy (non-hydrogen) atoms. The summed E-state index contributed by atoms with van der Waals surface area (Å²) in [6, 6.07) is 0. The molecule has 0 atom stereocenters. The van der Waals surface area contributed by atoms with E-state index in [2.05, 4.69) is 0 Å². The van der Waals surface area contributed by atoms with Crippen LogP contribution in [0.25, 0.3) is 0 Å². The van der Waals surface area contributed by atoms with Crippen LogP contribution >= 0.6 is 0 Å². The van der Waals surface area contributed by atoms with Crippen molar-refractivity contribution in [2.75, 3.05) is 0 Å². The first-order chi connectivity index (χ1) is 1.73. The van der Waals surface area contributed by atoms with E-state index < -0.39 is 5.09 Å². The van der Waals surface area contributed by atoms with Crippen LogP contribution in [-0.2, 0) is 0 Å². The quantitative estimate of drug-likeness (QED) is 0.257. The summed E-state index contributed by atoms with van der Waals surface area (Å²) in [5, 5.41) is 13.6. The number of rotatable bonds is 0. The van der Waals surface area contributed by atoms with Gasteiger partial charge in [0.2, 0.25) is 0 Å². The summed E-state index contributed by atoms with van der Waals surface area (Å²) in [5.74, 6) is 0. The van der Waals surface area contributed by atoms with E-state index in [4.69, 9.17) is 15.3 Å². The molecule has 0 spiro atoms. The summed E-state index contributed by atoms with van der Waals surface area (Å²) < 4.78 is 0. The van der Waals surface area contributed by atoms with Gasteiger partial charge in [-0.2, -0.15) is 0 Å². The molecule has 0 aliphatic heterocycles. The van der Waals surface area contributed by atoms with Crippen molar-refractivity contribution in [3.05, 3.63) is 10.1 Å². The molecule has 0 aromatic heterocycles. The van der Waals surface area contributed by atoms with Gasteiger partial charge < -0.3 is 60.0 Å². The second-order valence-electron chi connectivity index (χ2n) is 0.238. The molecule has 0 bridgehead atoms. The van der Waals surface area contributed by atoms with Crippen molar-refractivity contribution in [1.82, 2.24) is 0 Å². The van der Waals surface area contributed by atoms with Crippen molar-refractivity contribution in [2.24, 2.45) is 0 Å². The van der Waals surface area contributed by atoms with Gasteiger partial charge in [0, 0.05) is 0 Å². The van der Waals surface area contributed by atoms with Crippen LogP contribution in [0.5, 0.6) is 0 Å². The SMILES string of the molecule is O.O.O.O.O.O.O.O.O.O.O=[N+]([O-])O.[CaH2]. The molecule has 0 heterocycles. The Kier molecular flexibility index (Phi) is 5430. The van der Waals surface area contributed by atoms with Gasteiger partial charge in [-0.3, -0.25) is 0 Å². The fraction of sp³-hybridized carbons (Fsp3) is 0. The van der Waals surface area contributed by atoms with Crippen LogP contribution in [0.15, 0.2) is 0 Å². The Morgan fingerprint density at radius 2 is 0.667 bits per heavy atom. The zero-order chi connectivity index (χ0) is 3.58. The molecule has 0 aliphatic carbocycles. The first-order valence-corrected chi connectivity index (χ1v) is 0.565. The van der Waals surface area contributed by atoms with Gasteiger partial charge in [-0.25, -0.2) is 0 Å². The summed E-state index contributed by atoms with van der Waals surface area (Å²) in [6.07, 6.45) is 0. The number of nitrogens with zero attached hydrogens (tertiary/aromatic N) is 1. The molecule has 14 nitrogen and oxygen atoms in total. The van der Waals surface area contributed by atoms with Gasteiger partial charge in [-0.05, 0) is 0 Å². The Labute approximate surface area is 113 Å². The fourth-order valence-electron chi connectivity index (χ4n) is 0. The zero-order valence-corrected chi connectivity index (χ0v) is 6.71. The minimum atomic E-state index is -1.50.